The average molecular weight is 431 g/mol. The molecule has 4 nitrogen and oxygen atoms in total. The molecule has 2 aliphatic rings. The third-order valence-electron chi connectivity index (χ3n) is 6.50. The molecule has 5 heteroatoms. The molecule has 2 atom stereocenters. The number of carbonyl (C=O) groups excluding carboxylic acids is 2. The number of rotatable bonds is 3. The number of benzene rings is 2. The Kier molecular flexibility index (Phi) is 5.60. The van der Waals surface area contributed by atoms with Crippen LogP contribution in [0.5, 0.6) is 0 Å². The van der Waals surface area contributed by atoms with Crippen LogP contribution in [0.3, 0.4) is 0 Å². The Balaban J connectivity index is 1.36. The summed E-state index contributed by atoms with van der Waals surface area (Å²) in [7, 11) is 0. The number of hydrogen-bond acceptors (Lipinski definition) is 3. The van der Waals surface area contributed by atoms with E-state index in [1.54, 1.807) is 0 Å². The van der Waals surface area contributed by atoms with Gasteiger partial charge in [-0.05, 0) is 41.0 Å². The number of piperidine rings is 1. The molecular weight excluding hydrogens is 404 g/mol. The number of carbonyl (C=O) groups is 2. The van der Waals surface area contributed by atoms with Crippen LogP contribution in [0.2, 0.25) is 0 Å². The molecule has 0 spiro atoms. The summed E-state index contributed by atoms with van der Waals surface area (Å²) in [5, 5.41) is 1.93. The highest BCUT2D eigenvalue weighted by atomic mass is 32.1. The topological polar surface area (TPSA) is 40.6 Å². The first-order chi connectivity index (χ1) is 15.2. The summed E-state index contributed by atoms with van der Waals surface area (Å²) in [6.07, 6.45) is 1.72. The second-order valence-electron chi connectivity index (χ2n) is 8.45. The highest BCUT2D eigenvalue weighted by Crippen LogP contribution is 2.34. The largest absolute Gasteiger partial charge is 0.337 e. The molecular formula is C26H26N2O2S. The van der Waals surface area contributed by atoms with Crippen LogP contribution in [0.15, 0.2) is 72.1 Å². The fourth-order valence-electron chi connectivity index (χ4n) is 4.92. The van der Waals surface area contributed by atoms with Gasteiger partial charge in [-0.15, -0.1) is 11.3 Å². The Bertz CT molecular complexity index is 1060. The lowest BCUT2D eigenvalue weighted by Crippen LogP contribution is -2.48. The van der Waals surface area contributed by atoms with Crippen LogP contribution >= 0.6 is 11.3 Å². The van der Waals surface area contributed by atoms with E-state index in [0.717, 1.165) is 24.3 Å². The van der Waals surface area contributed by atoms with Gasteiger partial charge in [-0.2, -0.15) is 0 Å². The number of nitrogens with zero attached hydrogens (tertiary/aromatic N) is 2. The summed E-state index contributed by atoms with van der Waals surface area (Å²) in [5.74, 6) is 0.291. The van der Waals surface area contributed by atoms with Crippen LogP contribution in [-0.4, -0.2) is 41.2 Å². The molecule has 1 aromatic heterocycles. The number of fused-ring (bicyclic) bond motifs is 1. The van der Waals surface area contributed by atoms with E-state index in [1.807, 2.05) is 33.4 Å². The zero-order valence-corrected chi connectivity index (χ0v) is 18.3. The molecule has 3 heterocycles. The average Bonchev–Trinajstić information content (AvgIpc) is 3.38. The van der Waals surface area contributed by atoms with Gasteiger partial charge < -0.3 is 9.80 Å². The van der Waals surface area contributed by atoms with Crippen molar-refractivity contribution in [2.45, 2.75) is 25.3 Å². The lowest BCUT2D eigenvalue weighted by molar-refractivity contribution is -0.138. The van der Waals surface area contributed by atoms with Gasteiger partial charge in [-0.1, -0.05) is 60.7 Å². The summed E-state index contributed by atoms with van der Waals surface area (Å²) in [4.78, 5) is 31.0. The van der Waals surface area contributed by atoms with Gasteiger partial charge in [0.05, 0.1) is 10.8 Å². The molecule has 3 aromatic rings. The molecule has 0 bridgehead atoms. The van der Waals surface area contributed by atoms with Crippen molar-refractivity contribution in [1.29, 1.82) is 0 Å². The van der Waals surface area contributed by atoms with Crippen molar-refractivity contribution >= 4 is 23.2 Å². The van der Waals surface area contributed by atoms with E-state index in [0.29, 0.717) is 19.6 Å². The van der Waals surface area contributed by atoms with E-state index in [9.17, 15) is 9.59 Å². The maximum Gasteiger partial charge on any atom is 0.263 e. The standard InChI is InChI=1S/C26H26N2O2S/c29-25(21-11-6-14-27(17-21)26(30)24-13-7-15-31-24)28-16-20-10-4-5-12-22(20)23(18-28)19-8-2-1-3-9-19/h1-5,7-10,12-13,15,21,23H,6,11,14,16-18H2/t21-,23-/m0/s1. The van der Waals surface area contributed by atoms with Gasteiger partial charge in [0.25, 0.3) is 5.91 Å². The Labute approximate surface area is 187 Å². The number of hydrogen-bond donors (Lipinski definition) is 0. The van der Waals surface area contributed by atoms with Crippen LogP contribution in [0.25, 0.3) is 0 Å². The first-order valence-corrected chi connectivity index (χ1v) is 11.8. The maximum absolute atomic E-state index is 13.6. The van der Waals surface area contributed by atoms with Gasteiger partial charge in [-0.3, -0.25) is 9.59 Å². The lowest BCUT2D eigenvalue weighted by atomic mass is 9.84. The van der Waals surface area contributed by atoms with Crippen molar-refractivity contribution in [3.63, 3.8) is 0 Å². The smallest absolute Gasteiger partial charge is 0.263 e. The zero-order chi connectivity index (χ0) is 21.2. The molecule has 0 saturated carbocycles. The molecule has 0 N–H and O–H groups in total. The van der Waals surface area contributed by atoms with E-state index >= 15 is 0 Å². The predicted octanol–water partition coefficient (Wildman–Crippen LogP) is 4.77. The minimum atomic E-state index is -0.126. The summed E-state index contributed by atoms with van der Waals surface area (Å²) >= 11 is 1.47. The minimum absolute atomic E-state index is 0.0543. The number of thiophene rings is 1. The highest BCUT2D eigenvalue weighted by molar-refractivity contribution is 7.12. The molecule has 1 saturated heterocycles. The first-order valence-electron chi connectivity index (χ1n) is 10.9. The molecule has 2 aromatic carbocycles. The van der Waals surface area contributed by atoms with E-state index < -0.39 is 0 Å². The van der Waals surface area contributed by atoms with E-state index in [2.05, 4.69) is 48.5 Å². The SMILES string of the molecule is O=C(c1cccs1)N1CCC[C@H](C(=O)N2Cc3ccccc3[C@H](c3ccccc3)C2)C1. The summed E-state index contributed by atoms with van der Waals surface area (Å²) in [6, 6.07) is 22.7. The highest BCUT2D eigenvalue weighted by Gasteiger charge is 2.35. The Morgan fingerprint density at radius 3 is 2.48 bits per heavy atom. The van der Waals surface area contributed by atoms with Crippen LogP contribution in [0, 0.1) is 5.92 Å². The van der Waals surface area contributed by atoms with Gasteiger partial charge in [-0.25, -0.2) is 0 Å². The number of amides is 2. The van der Waals surface area contributed by atoms with Crippen molar-refractivity contribution in [2.24, 2.45) is 5.92 Å². The molecule has 2 aliphatic heterocycles. The van der Waals surface area contributed by atoms with E-state index in [-0.39, 0.29) is 23.7 Å². The first kappa shape index (κ1) is 20.0. The van der Waals surface area contributed by atoms with E-state index in [4.69, 9.17) is 0 Å². The summed E-state index contributed by atoms with van der Waals surface area (Å²) in [6.45, 7) is 2.59. The normalized spacial score (nSPS) is 20.9. The van der Waals surface area contributed by atoms with Crippen LogP contribution in [-0.2, 0) is 11.3 Å². The van der Waals surface area contributed by atoms with Gasteiger partial charge in [0.15, 0.2) is 0 Å². The van der Waals surface area contributed by atoms with Crippen molar-refractivity contribution in [3.05, 3.63) is 93.7 Å². The molecule has 0 radical (unpaired) electrons. The van der Waals surface area contributed by atoms with Crippen LogP contribution < -0.4 is 0 Å². The summed E-state index contributed by atoms with van der Waals surface area (Å²) < 4.78 is 0. The van der Waals surface area contributed by atoms with E-state index in [1.165, 1.54) is 28.0 Å². The Hall–Kier alpha value is -2.92. The second-order valence-corrected chi connectivity index (χ2v) is 9.40. The Morgan fingerprint density at radius 2 is 1.68 bits per heavy atom. The molecule has 0 unspecified atom stereocenters. The third-order valence-corrected chi connectivity index (χ3v) is 7.36. The quantitative estimate of drug-likeness (QED) is 0.600. The third kappa shape index (κ3) is 4.02. The molecule has 31 heavy (non-hydrogen) atoms. The fraction of sp³-hybridized carbons (Fsp3) is 0.308. The Morgan fingerprint density at radius 1 is 0.871 bits per heavy atom. The maximum atomic E-state index is 13.6. The zero-order valence-electron chi connectivity index (χ0n) is 17.4. The van der Waals surface area contributed by atoms with Gasteiger partial charge in [0.2, 0.25) is 5.91 Å². The number of likely N-dealkylation sites (tertiary alicyclic amines) is 1. The van der Waals surface area contributed by atoms with Crippen molar-refractivity contribution in [1.82, 2.24) is 9.80 Å². The van der Waals surface area contributed by atoms with Gasteiger partial charge in [0, 0.05) is 32.1 Å². The fourth-order valence-corrected chi connectivity index (χ4v) is 5.61. The van der Waals surface area contributed by atoms with Crippen molar-refractivity contribution in [3.8, 4) is 0 Å². The minimum Gasteiger partial charge on any atom is -0.337 e. The molecule has 0 aliphatic carbocycles. The molecule has 2 amide bonds. The van der Waals surface area contributed by atoms with Crippen molar-refractivity contribution in [2.75, 3.05) is 19.6 Å². The monoisotopic (exact) mass is 430 g/mol. The van der Waals surface area contributed by atoms with Crippen molar-refractivity contribution < 1.29 is 9.59 Å². The summed E-state index contributed by atoms with van der Waals surface area (Å²) in [5.41, 5.74) is 3.78. The van der Waals surface area contributed by atoms with Gasteiger partial charge >= 0.3 is 0 Å². The molecule has 5 rings (SSSR count). The van der Waals surface area contributed by atoms with Crippen LogP contribution in [0.1, 0.15) is 45.1 Å². The molecule has 1 fully saturated rings. The lowest BCUT2D eigenvalue weighted by Gasteiger charge is -2.39. The van der Waals surface area contributed by atoms with Crippen LogP contribution in [0.4, 0.5) is 0 Å². The second kappa shape index (κ2) is 8.67. The molecule has 158 valence electrons. The van der Waals surface area contributed by atoms with Gasteiger partial charge in [0.1, 0.15) is 0 Å². The predicted molar refractivity (Wildman–Crippen MR) is 123 cm³/mol.